The van der Waals surface area contributed by atoms with Gasteiger partial charge in [-0.1, -0.05) is 42.0 Å². The van der Waals surface area contributed by atoms with Crippen LogP contribution in [-0.4, -0.2) is 11.0 Å². The van der Waals surface area contributed by atoms with Crippen molar-refractivity contribution in [1.82, 2.24) is 0 Å². The molecule has 2 saturated carbocycles. The predicted octanol–water partition coefficient (Wildman–Crippen LogP) is 6.14. The van der Waals surface area contributed by atoms with Crippen LogP contribution in [0.4, 0.5) is 0 Å². The molecule has 0 amide bonds. The fourth-order valence-corrected chi connectivity index (χ4v) is 6.20. The van der Waals surface area contributed by atoms with Crippen LogP contribution in [0.2, 0.25) is 0 Å². The second kappa shape index (κ2) is 6.57. The van der Waals surface area contributed by atoms with E-state index in [0.717, 1.165) is 36.5 Å². The van der Waals surface area contributed by atoms with Crippen LogP contribution in [0.5, 0.6) is 5.75 Å². The average Bonchev–Trinajstić information content (AvgIpc) is 2.96. The van der Waals surface area contributed by atoms with E-state index in [4.69, 9.17) is 4.74 Å². The Kier molecular flexibility index (Phi) is 4.64. The number of benzene rings is 1. The van der Waals surface area contributed by atoms with Crippen molar-refractivity contribution in [2.24, 2.45) is 17.3 Å². The van der Waals surface area contributed by atoms with Crippen molar-refractivity contribution >= 4 is 22.6 Å². The summed E-state index contributed by atoms with van der Waals surface area (Å²) in [7, 11) is 0. The molecule has 0 bridgehead atoms. The van der Waals surface area contributed by atoms with Gasteiger partial charge < -0.3 is 4.74 Å². The molecule has 0 radical (unpaired) electrons. The maximum atomic E-state index is 5.93. The third kappa shape index (κ3) is 2.94. The molecule has 1 aromatic carbocycles. The topological polar surface area (TPSA) is 9.23 Å². The summed E-state index contributed by atoms with van der Waals surface area (Å²) in [6.45, 7) is 3.44. The summed E-state index contributed by atoms with van der Waals surface area (Å²) >= 11 is 2.42. The minimum absolute atomic E-state index is 0.668. The lowest BCUT2D eigenvalue weighted by molar-refractivity contribution is 0.0598. The fourth-order valence-electron chi connectivity index (χ4n) is 5.89. The van der Waals surface area contributed by atoms with Crippen molar-refractivity contribution in [2.45, 2.75) is 64.2 Å². The van der Waals surface area contributed by atoms with Crippen LogP contribution in [0.1, 0.15) is 68.9 Å². The third-order valence-electron chi connectivity index (χ3n) is 7.03. The van der Waals surface area contributed by atoms with Gasteiger partial charge in [-0.3, -0.25) is 0 Å². The number of halogens is 1. The molecule has 2 heteroatoms. The molecule has 0 N–H and O–H groups in total. The Bertz CT molecular complexity index is 569. The van der Waals surface area contributed by atoms with E-state index in [2.05, 4.69) is 47.7 Å². The molecular formula is C21H29IO. The molecule has 0 aromatic heterocycles. The van der Waals surface area contributed by atoms with E-state index in [1.807, 2.05) is 0 Å². The van der Waals surface area contributed by atoms with Gasteiger partial charge in [0.2, 0.25) is 0 Å². The number of alkyl halides is 1. The third-order valence-corrected chi connectivity index (χ3v) is 7.79. The standard InChI is InChI=1S/C21H29IO/c1-21-10-2-4-20(21)19-7-5-15-14-16(23-13-3-12-22)6-8-17(15)18(19)9-11-21/h6,8,14,18-20H,2-5,7,9-13H2,1H3/t18?,19?,20?,21-/m0/s1. The first-order valence-corrected chi connectivity index (χ1v) is 11.1. The first-order chi connectivity index (χ1) is 11.2. The van der Waals surface area contributed by atoms with Crippen LogP contribution in [0.25, 0.3) is 0 Å². The van der Waals surface area contributed by atoms with Crippen molar-refractivity contribution in [3.05, 3.63) is 29.3 Å². The van der Waals surface area contributed by atoms with E-state index in [-0.39, 0.29) is 0 Å². The zero-order valence-corrected chi connectivity index (χ0v) is 16.5. The van der Waals surface area contributed by atoms with Crippen molar-refractivity contribution in [3.63, 3.8) is 0 Å². The second-order valence-electron chi connectivity index (χ2n) is 8.25. The van der Waals surface area contributed by atoms with E-state index in [0.29, 0.717) is 5.41 Å². The molecule has 0 saturated heterocycles. The number of fused-ring (bicyclic) bond motifs is 5. The first kappa shape index (κ1) is 16.2. The molecule has 0 heterocycles. The van der Waals surface area contributed by atoms with Gasteiger partial charge in [0.25, 0.3) is 0 Å². The van der Waals surface area contributed by atoms with Crippen molar-refractivity contribution in [1.29, 1.82) is 0 Å². The summed E-state index contributed by atoms with van der Waals surface area (Å²) in [5.74, 6) is 3.87. The zero-order valence-electron chi connectivity index (χ0n) is 14.3. The van der Waals surface area contributed by atoms with Gasteiger partial charge in [-0.05, 0) is 91.4 Å². The van der Waals surface area contributed by atoms with Gasteiger partial charge >= 0.3 is 0 Å². The Balaban J connectivity index is 1.54. The first-order valence-electron chi connectivity index (χ1n) is 9.53. The minimum atomic E-state index is 0.668. The molecule has 3 unspecified atom stereocenters. The van der Waals surface area contributed by atoms with Crippen molar-refractivity contribution in [2.75, 3.05) is 11.0 Å². The molecule has 3 aliphatic rings. The Morgan fingerprint density at radius 2 is 2.13 bits per heavy atom. The SMILES string of the molecule is C[C@@]12CCCC1C1CCc3cc(OCCCI)ccc3C1CC2. The van der Waals surface area contributed by atoms with Gasteiger partial charge in [0, 0.05) is 4.43 Å². The van der Waals surface area contributed by atoms with E-state index in [1.165, 1.54) is 49.4 Å². The zero-order chi connectivity index (χ0) is 15.9. The maximum absolute atomic E-state index is 5.93. The number of hydrogen-bond acceptors (Lipinski definition) is 1. The molecule has 23 heavy (non-hydrogen) atoms. The van der Waals surface area contributed by atoms with Gasteiger partial charge in [-0.15, -0.1) is 0 Å². The monoisotopic (exact) mass is 424 g/mol. The van der Waals surface area contributed by atoms with Crippen LogP contribution < -0.4 is 4.74 Å². The summed E-state index contributed by atoms with van der Waals surface area (Å²) < 4.78 is 7.10. The van der Waals surface area contributed by atoms with Crippen molar-refractivity contribution < 1.29 is 4.74 Å². The Hall–Kier alpha value is -0.250. The van der Waals surface area contributed by atoms with Crippen LogP contribution in [0.3, 0.4) is 0 Å². The average molecular weight is 424 g/mol. The highest BCUT2D eigenvalue weighted by atomic mass is 127. The van der Waals surface area contributed by atoms with Gasteiger partial charge in [0.15, 0.2) is 0 Å². The largest absolute Gasteiger partial charge is 0.494 e. The summed E-state index contributed by atoms with van der Waals surface area (Å²) in [5, 5.41) is 0. The number of ether oxygens (including phenoxy) is 1. The lowest BCUT2D eigenvalue weighted by Gasteiger charge is -2.49. The molecule has 126 valence electrons. The van der Waals surface area contributed by atoms with Crippen molar-refractivity contribution in [3.8, 4) is 5.75 Å². The van der Waals surface area contributed by atoms with E-state index in [1.54, 1.807) is 11.1 Å². The number of hydrogen-bond donors (Lipinski definition) is 0. The van der Waals surface area contributed by atoms with E-state index >= 15 is 0 Å². The molecule has 0 aliphatic heterocycles. The predicted molar refractivity (Wildman–Crippen MR) is 105 cm³/mol. The molecule has 1 nitrogen and oxygen atoms in total. The Morgan fingerprint density at radius 1 is 1.22 bits per heavy atom. The van der Waals surface area contributed by atoms with E-state index < -0.39 is 0 Å². The van der Waals surface area contributed by atoms with Gasteiger partial charge in [0.1, 0.15) is 5.75 Å². The normalized spacial score (nSPS) is 35.3. The highest BCUT2D eigenvalue weighted by molar-refractivity contribution is 14.1. The summed E-state index contributed by atoms with van der Waals surface area (Å²) in [6.07, 6.45) is 11.1. The molecule has 0 spiro atoms. The van der Waals surface area contributed by atoms with Gasteiger partial charge in [0.05, 0.1) is 6.61 Å². The van der Waals surface area contributed by atoms with Gasteiger partial charge in [-0.25, -0.2) is 0 Å². The van der Waals surface area contributed by atoms with Crippen LogP contribution >= 0.6 is 22.6 Å². The second-order valence-corrected chi connectivity index (χ2v) is 9.33. The summed E-state index contributed by atoms with van der Waals surface area (Å²) in [4.78, 5) is 0. The lowest BCUT2D eigenvalue weighted by atomic mass is 9.56. The lowest BCUT2D eigenvalue weighted by Crippen LogP contribution is -2.39. The smallest absolute Gasteiger partial charge is 0.119 e. The van der Waals surface area contributed by atoms with Crippen LogP contribution in [0.15, 0.2) is 18.2 Å². The Morgan fingerprint density at radius 3 is 3.00 bits per heavy atom. The fraction of sp³-hybridized carbons (Fsp3) is 0.714. The number of rotatable bonds is 4. The highest BCUT2D eigenvalue weighted by Crippen LogP contribution is 2.60. The van der Waals surface area contributed by atoms with Crippen LogP contribution in [0, 0.1) is 17.3 Å². The molecule has 2 fully saturated rings. The quantitative estimate of drug-likeness (QED) is 0.321. The van der Waals surface area contributed by atoms with Crippen LogP contribution in [-0.2, 0) is 6.42 Å². The summed E-state index contributed by atoms with van der Waals surface area (Å²) in [6, 6.07) is 6.99. The number of aryl methyl sites for hydroxylation is 1. The highest BCUT2D eigenvalue weighted by Gasteiger charge is 2.50. The van der Waals surface area contributed by atoms with Gasteiger partial charge in [-0.2, -0.15) is 0 Å². The maximum Gasteiger partial charge on any atom is 0.119 e. The molecule has 4 atom stereocenters. The molecular weight excluding hydrogens is 395 g/mol. The molecule has 4 rings (SSSR count). The minimum Gasteiger partial charge on any atom is -0.494 e. The summed E-state index contributed by atoms with van der Waals surface area (Å²) in [5.41, 5.74) is 3.91. The molecule has 3 aliphatic carbocycles. The molecule has 1 aromatic rings. The van der Waals surface area contributed by atoms with E-state index in [9.17, 15) is 0 Å². The Labute approximate surface area is 154 Å².